The van der Waals surface area contributed by atoms with E-state index in [1.165, 1.54) is 28.5 Å². The van der Waals surface area contributed by atoms with Gasteiger partial charge in [0.2, 0.25) is 0 Å². The smallest absolute Gasteiger partial charge is 0.186 e. The first-order valence-corrected chi connectivity index (χ1v) is 8.62. The number of morpholine rings is 1. The van der Waals surface area contributed by atoms with E-state index in [1.807, 2.05) is 11.3 Å². The van der Waals surface area contributed by atoms with Gasteiger partial charge in [-0.1, -0.05) is 18.3 Å². The van der Waals surface area contributed by atoms with Gasteiger partial charge in [-0.25, -0.2) is 4.98 Å². The molecule has 1 fully saturated rings. The Bertz CT molecular complexity index is 452. The molecule has 0 radical (unpaired) electrons. The first-order chi connectivity index (χ1) is 9.67. The number of nitrogens with one attached hydrogen (secondary N) is 1. The number of anilines is 1. The lowest BCUT2D eigenvalue weighted by Crippen LogP contribution is -2.45. The summed E-state index contributed by atoms with van der Waals surface area (Å²) < 4.78 is 5.82. The number of rotatable bonds is 3. The van der Waals surface area contributed by atoms with Gasteiger partial charge in [0, 0.05) is 24.0 Å². The molecule has 20 heavy (non-hydrogen) atoms. The summed E-state index contributed by atoms with van der Waals surface area (Å²) in [7, 11) is 0. The number of thiazole rings is 1. The maximum absolute atomic E-state index is 5.82. The summed E-state index contributed by atoms with van der Waals surface area (Å²) in [6.45, 7) is 9.44. The van der Waals surface area contributed by atoms with Crippen LogP contribution in [0.5, 0.6) is 0 Å². The van der Waals surface area contributed by atoms with E-state index >= 15 is 0 Å². The second-order valence-corrected chi connectivity index (χ2v) is 6.98. The van der Waals surface area contributed by atoms with Crippen molar-refractivity contribution >= 4 is 16.5 Å². The molecule has 2 heterocycles. The number of aryl methyl sites for hydroxylation is 1. The molecule has 4 nitrogen and oxygen atoms in total. The van der Waals surface area contributed by atoms with E-state index in [-0.39, 0.29) is 0 Å². The Morgan fingerprint density at radius 2 is 2.10 bits per heavy atom. The van der Waals surface area contributed by atoms with Gasteiger partial charge in [-0.05, 0) is 39.7 Å². The molecule has 1 aromatic rings. The minimum atomic E-state index is 0.296. The monoisotopic (exact) mass is 295 g/mol. The Labute approximate surface area is 125 Å². The largest absolute Gasteiger partial charge is 0.372 e. The maximum atomic E-state index is 5.82. The minimum Gasteiger partial charge on any atom is -0.372 e. The molecule has 1 aliphatic heterocycles. The van der Waals surface area contributed by atoms with Crippen LogP contribution in [0.4, 0.5) is 5.13 Å². The van der Waals surface area contributed by atoms with Crippen molar-refractivity contribution in [3.8, 4) is 0 Å². The van der Waals surface area contributed by atoms with Crippen LogP contribution in [0.3, 0.4) is 0 Å². The molecule has 1 aromatic heterocycles. The molecule has 112 valence electrons. The summed E-state index contributed by atoms with van der Waals surface area (Å²) in [5.41, 5.74) is 1.33. The molecule has 1 saturated heterocycles. The summed E-state index contributed by atoms with van der Waals surface area (Å²) in [5.74, 6) is 0. The van der Waals surface area contributed by atoms with Crippen molar-refractivity contribution in [1.82, 2.24) is 10.3 Å². The summed E-state index contributed by atoms with van der Waals surface area (Å²) in [4.78, 5) is 8.80. The molecule has 0 aromatic carbocycles. The van der Waals surface area contributed by atoms with Gasteiger partial charge in [0.05, 0.1) is 17.9 Å². The molecule has 3 rings (SSSR count). The fraction of sp³-hybridized carbons (Fsp3) is 0.800. The van der Waals surface area contributed by atoms with E-state index in [0.29, 0.717) is 18.2 Å². The van der Waals surface area contributed by atoms with E-state index < -0.39 is 0 Å². The average Bonchev–Trinajstić information content (AvgIpc) is 2.83. The molecule has 5 heteroatoms. The Hall–Kier alpha value is -0.650. The zero-order valence-electron chi connectivity index (χ0n) is 12.7. The molecule has 1 aliphatic carbocycles. The lowest BCUT2D eigenvalue weighted by atomic mass is 9.98. The predicted octanol–water partition coefficient (Wildman–Crippen LogP) is 2.74. The van der Waals surface area contributed by atoms with Crippen LogP contribution in [0, 0.1) is 0 Å². The molecule has 0 saturated carbocycles. The van der Waals surface area contributed by atoms with Crippen LogP contribution >= 0.6 is 11.3 Å². The van der Waals surface area contributed by atoms with Gasteiger partial charge in [-0.15, -0.1) is 0 Å². The Balaban J connectivity index is 1.81. The van der Waals surface area contributed by atoms with E-state index in [1.54, 1.807) is 0 Å². The van der Waals surface area contributed by atoms with E-state index in [0.717, 1.165) is 26.1 Å². The van der Waals surface area contributed by atoms with Crippen molar-refractivity contribution in [2.75, 3.05) is 24.5 Å². The fourth-order valence-electron chi connectivity index (χ4n) is 3.32. The van der Waals surface area contributed by atoms with Gasteiger partial charge in [0.25, 0.3) is 0 Å². The number of ether oxygens (including phenoxy) is 1. The molecule has 0 amide bonds. The van der Waals surface area contributed by atoms with E-state index in [9.17, 15) is 0 Å². The zero-order valence-corrected chi connectivity index (χ0v) is 13.5. The third kappa shape index (κ3) is 2.85. The predicted molar refractivity (Wildman–Crippen MR) is 83.7 cm³/mol. The van der Waals surface area contributed by atoms with Crippen LogP contribution in [-0.2, 0) is 11.2 Å². The highest BCUT2D eigenvalue weighted by Crippen LogP contribution is 2.38. The Morgan fingerprint density at radius 1 is 1.35 bits per heavy atom. The quantitative estimate of drug-likeness (QED) is 0.930. The zero-order chi connectivity index (χ0) is 14.1. The van der Waals surface area contributed by atoms with E-state index in [4.69, 9.17) is 9.72 Å². The third-order valence-electron chi connectivity index (χ3n) is 4.08. The lowest BCUT2D eigenvalue weighted by Gasteiger charge is -2.35. The van der Waals surface area contributed by atoms with Gasteiger partial charge < -0.3 is 15.0 Å². The van der Waals surface area contributed by atoms with Crippen LogP contribution < -0.4 is 10.2 Å². The highest BCUT2D eigenvalue weighted by Gasteiger charge is 2.28. The molecule has 0 bridgehead atoms. The van der Waals surface area contributed by atoms with Gasteiger partial charge in [0.15, 0.2) is 5.13 Å². The van der Waals surface area contributed by atoms with Gasteiger partial charge in [0.1, 0.15) is 0 Å². The first kappa shape index (κ1) is 14.3. The Morgan fingerprint density at radius 3 is 2.80 bits per heavy atom. The van der Waals surface area contributed by atoms with Crippen molar-refractivity contribution in [3.63, 3.8) is 0 Å². The maximum Gasteiger partial charge on any atom is 0.186 e. The molecular formula is C15H25N3OS. The molecular weight excluding hydrogens is 270 g/mol. The third-order valence-corrected chi connectivity index (χ3v) is 5.35. The van der Waals surface area contributed by atoms with Crippen molar-refractivity contribution in [2.24, 2.45) is 0 Å². The average molecular weight is 295 g/mol. The van der Waals surface area contributed by atoms with Gasteiger partial charge in [-0.3, -0.25) is 0 Å². The topological polar surface area (TPSA) is 37.4 Å². The summed E-state index contributed by atoms with van der Waals surface area (Å²) >= 11 is 1.89. The normalized spacial score (nSPS) is 30.4. The second-order valence-electron chi connectivity index (χ2n) is 5.97. The van der Waals surface area contributed by atoms with Crippen LogP contribution in [0.2, 0.25) is 0 Å². The van der Waals surface area contributed by atoms with Crippen molar-refractivity contribution in [2.45, 2.75) is 58.3 Å². The summed E-state index contributed by atoms with van der Waals surface area (Å²) in [6.07, 6.45) is 4.24. The number of nitrogens with zero attached hydrogens (tertiary/aromatic N) is 2. The molecule has 3 atom stereocenters. The number of aromatic nitrogens is 1. The van der Waals surface area contributed by atoms with Crippen molar-refractivity contribution < 1.29 is 4.74 Å². The molecule has 3 unspecified atom stereocenters. The lowest BCUT2D eigenvalue weighted by molar-refractivity contribution is -0.00523. The van der Waals surface area contributed by atoms with Crippen molar-refractivity contribution in [1.29, 1.82) is 0 Å². The molecule has 1 N–H and O–H groups in total. The number of fused-ring (bicyclic) bond motifs is 1. The van der Waals surface area contributed by atoms with Gasteiger partial charge in [-0.2, -0.15) is 0 Å². The first-order valence-electron chi connectivity index (χ1n) is 7.80. The van der Waals surface area contributed by atoms with Crippen molar-refractivity contribution in [3.05, 3.63) is 10.6 Å². The summed E-state index contributed by atoms with van der Waals surface area (Å²) in [6, 6.07) is 0.519. The standard InChI is InChI=1S/C15H25N3OS/c1-4-16-12-6-5-7-13-14(12)20-15(17-13)18-8-10(2)19-11(3)9-18/h10-12,16H,4-9H2,1-3H3. The van der Waals surface area contributed by atoms with E-state index in [2.05, 4.69) is 31.0 Å². The van der Waals surface area contributed by atoms with Crippen LogP contribution in [0.15, 0.2) is 0 Å². The van der Waals surface area contributed by atoms with Crippen LogP contribution in [0.25, 0.3) is 0 Å². The van der Waals surface area contributed by atoms with Crippen LogP contribution in [-0.4, -0.2) is 36.8 Å². The van der Waals surface area contributed by atoms with Crippen LogP contribution in [0.1, 0.15) is 50.2 Å². The molecule has 2 aliphatic rings. The number of hydrogen-bond acceptors (Lipinski definition) is 5. The Kier molecular flexibility index (Phi) is 4.29. The highest BCUT2D eigenvalue weighted by atomic mass is 32.1. The minimum absolute atomic E-state index is 0.296. The highest BCUT2D eigenvalue weighted by molar-refractivity contribution is 7.15. The summed E-state index contributed by atoms with van der Waals surface area (Å²) in [5, 5.41) is 4.80. The van der Waals surface area contributed by atoms with Gasteiger partial charge >= 0.3 is 0 Å². The fourth-order valence-corrected chi connectivity index (χ4v) is 4.56. The molecule has 0 spiro atoms. The number of hydrogen-bond donors (Lipinski definition) is 1. The second kappa shape index (κ2) is 6.00. The SMILES string of the molecule is CCNC1CCCc2nc(N3CC(C)OC(C)C3)sc21.